The molecule has 0 rings (SSSR count). The standard InChI is InChI=1S/C10H19NO3/c1-6(2)4-8(12)5-7(3)9(11)10(13)14/h6-7,9H,4-5,11H2,1-3H3,(H,13,14). The Morgan fingerprint density at radius 2 is 1.71 bits per heavy atom. The second-order valence-corrected chi connectivity index (χ2v) is 4.18. The van der Waals surface area contributed by atoms with E-state index in [2.05, 4.69) is 0 Å². The molecule has 82 valence electrons. The molecule has 0 radical (unpaired) electrons. The molecule has 0 aromatic heterocycles. The summed E-state index contributed by atoms with van der Waals surface area (Å²) in [6, 6.07) is -0.939. The van der Waals surface area contributed by atoms with Crippen molar-refractivity contribution in [3.05, 3.63) is 0 Å². The third-order valence-electron chi connectivity index (χ3n) is 2.08. The predicted octanol–water partition coefficient (Wildman–Crippen LogP) is 1.04. The molecule has 0 amide bonds. The average Bonchev–Trinajstić information content (AvgIpc) is 2.00. The Morgan fingerprint density at radius 3 is 2.07 bits per heavy atom. The van der Waals surface area contributed by atoms with Gasteiger partial charge in [0.05, 0.1) is 0 Å². The summed E-state index contributed by atoms with van der Waals surface area (Å²) in [6.45, 7) is 5.61. The van der Waals surface area contributed by atoms with Crippen LogP contribution in [0.5, 0.6) is 0 Å². The van der Waals surface area contributed by atoms with Gasteiger partial charge in [-0.2, -0.15) is 0 Å². The molecule has 0 aliphatic heterocycles. The third kappa shape index (κ3) is 4.97. The highest BCUT2D eigenvalue weighted by Crippen LogP contribution is 2.11. The van der Waals surface area contributed by atoms with Crippen molar-refractivity contribution in [2.75, 3.05) is 0 Å². The highest BCUT2D eigenvalue weighted by atomic mass is 16.4. The van der Waals surface area contributed by atoms with Crippen LogP contribution < -0.4 is 5.73 Å². The van der Waals surface area contributed by atoms with Crippen LogP contribution in [0.3, 0.4) is 0 Å². The van der Waals surface area contributed by atoms with Gasteiger partial charge < -0.3 is 10.8 Å². The number of aliphatic carboxylic acids is 1. The number of ketones is 1. The maximum Gasteiger partial charge on any atom is 0.320 e. The monoisotopic (exact) mass is 201 g/mol. The molecule has 2 unspecified atom stereocenters. The van der Waals surface area contributed by atoms with Crippen molar-refractivity contribution < 1.29 is 14.7 Å². The molecular formula is C10H19NO3. The number of rotatable bonds is 6. The van der Waals surface area contributed by atoms with Crippen LogP contribution in [-0.4, -0.2) is 22.9 Å². The Hall–Kier alpha value is -0.900. The van der Waals surface area contributed by atoms with E-state index in [0.717, 1.165) is 0 Å². The first kappa shape index (κ1) is 13.1. The molecule has 0 aromatic rings. The molecule has 0 fully saturated rings. The van der Waals surface area contributed by atoms with Crippen LogP contribution in [0.1, 0.15) is 33.6 Å². The van der Waals surface area contributed by atoms with Gasteiger partial charge >= 0.3 is 5.97 Å². The van der Waals surface area contributed by atoms with Crippen LogP contribution in [0.2, 0.25) is 0 Å². The molecule has 0 heterocycles. The van der Waals surface area contributed by atoms with E-state index in [1.807, 2.05) is 13.8 Å². The summed E-state index contributed by atoms with van der Waals surface area (Å²) >= 11 is 0. The van der Waals surface area contributed by atoms with Crippen molar-refractivity contribution in [1.29, 1.82) is 0 Å². The van der Waals surface area contributed by atoms with Crippen LogP contribution in [0.15, 0.2) is 0 Å². The van der Waals surface area contributed by atoms with Gasteiger partial charge in [0.25, 0.3) is 0 Å². The van der Waals surface area contributed by atoms with Crippen molar-refractivity contribution in [2.24, 2.45) is 17.6 Å². The van der Waals surface area contributed by atoms with E-state index >= 15 is 0 Å². The summed E-state index contributed by atoms with van der Waals surface area (Å²) < 4.78 is 0. The van der Waals surface area contributed by atoms with Crippen LogP contribution in [0.4, 0.5) is 0 Å². The molecule has 0 bridgehead atoms. The highest BCUT2D eigenvalue weighted by Gasteiger charge is 2.22. The molecule has 2 atom stereocenters. The molecule has 0 saturated carbocycles. The number of hydrogen-bond acceptors (Lipinski definition) is 3. The molecule has 0 aliphatic rings. The van der Waals surface area contributed by atoms with Crippen LogP contribution >= 0.6 is 0 Å². The molecular weight excluding hydrogens is 182 g/mol. The smallest absolute Gasteiger partial charge is 0.320 e. The summed E-state index contributed by atoms with van der Waals surface area (Å²) in [5, 5.41) is 8.61. The first-order chi connectivity index (χ1) is 6.34. The zero-order chi connectivity index (χ0) is 11.3. The summed E-state index contributed by atoms with van der Waals surface area (Å²) in [7, 11) is 0. The van der Waals surface area contributed by atoms with Gasteiger partial charge in [0.1, 0.15) is 11.8 Å². The van der Waals surface area contributed by atoms with Gasteiger partial charge in [0.15, 0.2) is 0 Å². The van der Waals surface area contributed by atoms with E-state index in [1.165, 1.54) is 0 Å². The van der Waals surface area contributed by atoms with E-state index in [9.17, 15) is 9.59 Å². The summed E-state index contributed by atoms with van der Waals surface area (Å²) in [5.41, 5.74) is 5.39. The van der Waals surface area contributed by atoms with E-state index in [4.69, 9.17) is 10.8 Å². The van der Waals surface area contributed by atoms with Crippen molar-refractivity contribution in [2.45, 2.75) is 39.7 Å². The minimum absolute atomic E-state index is 0.0872. The molecule has 0 aromatic carbocycles. The van der Waals surface area contributed by atoms with Gasteiger partial charge in [-0.05, 0) is 11.8 Å². The van der Waals surface area contributed by atoms with E-state index in [-0.39, 0.29) is 18.1 Å². The zero-order valence-corrected chi connectivity index (χ0v) is 8.99. The number of nitrogens with two attached hydrogens (primary N) is 1. The minimum atomic E-state index is -1.05. The average molecular weight is 201 g/mol. The maximum atomic E-state index is 11.3. The molecule has 4 heteroatoms. The summed E-state index contributed by atoms with van der Waals surface area (Å²) in [4.78, 5) is 21.9. The Labute approximate surface area is 84.5 Å². The SMILES string of the molecule is CC(C)CC(=O)CC(C)C(N)C(=O)O. The summed E-state index contributed by atoms with van der Waals surface area (Å²) in [5.74, 6) is -0.937. The number of hydrogen-bond donors (Lipinski definition) is 2. The molecule has 0 spiro atoms. The van der Waals surface area contributed by atoms with Crippen molar-refractivity contribution in [3.63, 3.8) is 0 Å². The van der Waals surface area contributed by atoms with E-state index in [1.54, 1.807) is 6.92 Å². The lowest BCUT2D eigenvalue weighted by atomic mass is 9.93. The van der Waals surface area contributed by atoms with Crippen LogP contribution in [0.25, 0.3) is 0 Å². The highest BCUT2D eigenvalue weighted by molar-refractivity contribution is 5.80. The Balaban J connectivity index is 3.99. The molecule has 0 aliphatic carbocycles. The second-order valence-electron chi connectivity index (χ2n) is 4.18. The lowest BCUT2D eigenvalue weighted by Gasteiger charge is -2.15. The van der Waals surface area contributed by atoms with E-state index < -0.39 is 12.0 Å². The first-order valence-corrected chi connectivity index (χ1v) is 4.84. The quantitative estimate of drug-likeness (QED) is 0.672. The first-order valence-electron chi connectivity index (χ1n) is 4.84. The Kier molecular flexibility index (Phi) is 5.38. The van der Waals surface area contributed by atoms with Gasteiger partial charge in [-0.3, -0.25) is 9.59 Å². The van der Waals surface area contributed by atoms with Crippen LogP contribution in [0, 0.1) is 11.8 Å². The van der Waals surface area contributed by atoms with Gasteiger partial charge in [0, 0.05) is 12.8 Å². The normalized spacial score (nSPS) is 15.2. The fraction of sp³-hybridized carbons (Fsp3) is 0.800. The largest absolute Gasteiger partial charge is 0.480 e. The third-order valence-corrected chi connectivity index (χ3v) is 2.08. The van der Waals surface area contributed by atoms with Crippen molar-refractivity contribution in [3.8, 4) is 0 Å². The minimum Gasteiger partial charge on any atom is -0.480 e. The fourth-order valence-electron chi connectivity index (χ4n) is 1.27. The second kappa shape index (κ2) is 5.75. The van der Waals surface area contributed by atoms with Gasteiger partial charge in [-0.15, -0.1) is 0 Å². The Morgan fingerprint density at radius 1 is 1.21 bits per heavy atom. The molecule has 0 saturated heterocycles. The number of carboxylic acid groups (broad SMARTS) is 1. The maximum absolute atomic E-state index is 11.3. The molecule has 3 N–H and O–H groups in total. The Bertz CT molecular complexity index is 213. The number of carboxylic acids is 1. The van der Waals surface area contributed by atoms with Gasteiger partial charge in [0.2, 0.25) is 0 Å². The number of carbonyl (C=O) groups excluding carboxylic acids is 1. The van der Waals surface area contributed by atoms with Crippen molar-refractivity contribution >= 4 is 11.8 Å². The lowest BCUT2D eigenvalue weighted by molar-refractivity contribution is -0.139. The van der Waals surface area contributed by atoms with Gasteiger partial charge in [-0.25, -0.2) is 0 Å². The summed E-state index contributed by atoms with van der Waals surface area (Å²) in [6.07, 6.45) is 0.752. The zero-order valence-electron chi connectivity index (χ0n) is 8.99. The van der Waals surface area contributed by atoms with Gasteiger partial charge in [-0.1, -0.05) is 20.8 Å². The topological polar surface area (TPSA) is 80.4 Å². The fourth-order valence-corrected chi connectivity index (χ4v) is 1.27. The number of carbonyl (C=O) groups is 2. The lowest BCUT2D eigenvalue weighted by Crippen LogP contribution is -2.37. The predicted molar refractivity (Wildman–Crippen MR) is 53.9 cm³/mol. The van der Waals surface area contributed by atoms with Crippen molar-refractivity contribution in [1.82, 2.24) is 0 Å². The van der Waals surface area contributed by atoms with E-state index in [0.29, 0.717) is 12.3 Å². The van der Waals surface area contributed by atoms with Crippen LogP contribution in [-0.2, 0) is 9.59 Å². The molecule has 14 heavy (non-hydrogen) atoms. The molecule has 4 nitrogen and oxygen atoms in total. The number of Topliss-reactive ketones (excluding diaryl/α,β-unsaturated/α-hetero) is 1.